The van der Waals surface area contributed by atoms with E-state index in [-0.39, 0.29) is 0 Å². The maximum Gasteiger partial charge on any atom is 0.261 e. The first-order chi connectivity index (χ1) is 9.27. The molecule has 0 spiro atoms. The van der Waals surface area contributed by atoms with E-state index in [1.54, 1.807) is 0 Å². The quantitative estimate of drug-likeness (QED) is 0.513. The van der Waals surface area contributed by atoms with Gasteiger partial charge in [0.15, 0.2) is 0 Å². The van der Waals surface area contributed by atoms with Gasteiger partial charge in [0.25, 0.3) is 7.37 Å². The van der Waals surface area contributed by atoms with Crippen LogP contribution in [0.15, 0.2) is 60.7 Å². The van der Waals surface area contributed by atoms with Crippen LogP contribution in [-0.4, -0.2) is 17.1 Å². The molecule has 0 saturated heterocycles. The second-order valence-corrected chi connectivity index (χ2v) is 6.03. The summed E-state index contributed by atoms with van der Waals surface area (Å²) in [6, 6.07) is 18.7. The molecule has 0 fully saturated rings. The van der Waals surface area contributed by atoms with Crippen LogP contribution < -0.4 is 10.6 Å². The lowest BCUT2D eigenvalue weighted by molar-refractivity contribution is -0.176. The first-order valence-corrected chi connectivity index (χ1v) is 7.45. The smallest absolute Gasteiger partial charge is 0.261 e. The van der Waals surface area contributed by atoms with Gasteiger partial charge in [-0.3, -0.25) is 15.1 Å². The highest BCUT2D eigenvalue weighted by Gasteiger charge is 2.27. The van der Waals surface area contributed by atoms with Crippen molar-refractivity contribution >= 4 is 18.0 Å². The van der Waals surface area contributed by atoms with E-state index in [0.29, 0.717) is 6.61 Å². The lowest BCUT2D eigenvalue weighted by Crippen LogP contribution is -2.17. The lowest BCUT2D eigenvalue weighted by Gasteiger charge is -2.18. The molecule has 102 valence electrons. The van der Waals surface area contributed by atoms with Crippen LogP contribution >= 0.6 is 7.37 Å². The highest BCUT2D eigenvalue weighted by atomic mass is 31.2. The third-order valence-electron chi connectivity index (χ3n) is 2.50. The molecule has 4 nitrogen and oxygen atoms in total. The second-order valence-electron chi connectivity index (χ2n) is 3.64. The summed E-state index contributed by atoms with van der Waals surface area (Å²) in [6.07, 6.45) is 0. The molecule has 5 heteroatoms. The third-order valence-corrected chi connectivity index (χ3v) is 5.08. The lowest BCUT2D eigenvalue weighted by atomic mass is 10.4. The van der Waals surface area contributed by atoms with E-state index >= 15 is 0 Å². The summed E-state index contributed by atoms with van der Waals surface area (Å²) in [5.74, 6) is 0. The SMILES string of the molecule is CCOP(=O)(c1ccccc1)c1ccccc1.OO. The molecular weight excluding hydrogens is 263 g/mol. The van der Waals surface area contributed by atoms with Gasteiger partial charge < -0.3 is 4.52 Å². The Hall–Kier alpha value is -1.45. The highest BCUT2D eigenvalue weighted by Crippen LogP contribution is 2.44. The van der Waals surface area contributed by atoms with E-state index in [4.69, 9.17) is 15.0 Å². The van der Waals surface area contributed by atoms with Gasteiger partial charge in [-0.25, -0.2) is 0 Å². The highest BCUT2D eigenvalue weighted by molar-refractivity contribution is 7.74. The zero-order chi connectivity index (χ0) is 14.1. The molecule has 0 aromatic heterocycles. The molecule has 0 atom stereocenters. The van der Waals surface area contributed by atoms with Gasteiger partial charge in [0.2, 0.25) is 0 Å². The zero-order valence-corrected chi connectivity index (χ0v) is 11.5. The van der Waals surface area contributed by atoms with Gasteiger partial charge in [-0.1, -0.05) is 36.4 Å². The fraction of sp³-hybridized carbons (Fsp3) is 0.143. The summed E-state index contributed by atoms with van der Waals surface area (Å²) >= 11 is 0. The van der Waals surface area contributed by atoms with Crippen LogP contribution in [0.1, 0.15) is 6.92 Å². The largest absolute Gasteiger partial charge is 0.322 e. The first kappa shape index (κ1) is 15.6. The predicted molar refractivity (Wildman–Crippen MR) is 76.6 cm³/mol. The van der Waals surface area contributed by atoms with Crippen molar-refractivity contribution < 1.29 is 19.6 Å². The maximum absolute atomic E-state index is 13.0. The van der Waals surface area contributed by atoms with Crippen LogP contribution in [0.2, 0.25) is 0 Å². The third kappa shape index (κ3) is 3.75. The molecule has 2 rings (SSSR count). The minimum Gasteiger partial charge on any atom is -0.322 e. The normalized spacial score (nSPS) is 10.5. The molecule has 19 heavy (non-hydrogen) atoms. The molecule has 0 aliphatic heterocycles. The Balaban J connectivity index is 0.000000861. The average Bonchev–Trinajstić information content (AvgIpc) is 2.51. The van der Waals surface area contributed by atoms with E-state index in [1.807, 2.05) is 67.6 Å². The zero-order valence-electron chi connectivity index (χ0n) is 10.6. The summed E-state index contributed by atoms with van der Waals surface area (Å²) in [4.78, 5) is 0. The summed E-state index contributed by atoms with van der Waals surface area (Å²) in [5.41, 5.74) is 0. The second kappa shape index (κ2) is 7.87. The molecule has 0 amide bonds. The van der Waals surface area contributed by atoms with E-state index in [0.717, 1.165) is 10.6 Å². The minimum atomic E-state index is -2.92. The van der Waals surface area contributed by atoms with Crippen LogP contribution in [0.4, 0.5) is 0 Å². The summed E-state index contributed by atoms with van der Waals surface area (Å²) in [5, 5.41) is 13.5. The molecule has 0 aliphatic carbocycles. The Morgan fingerprint density at radius 1 is 0.895 bits per heavy atom. The van der Waals surface area contributed by atoms with E-state index in [2.05, 4.69) is 0 Å². The Kier molecular flexibility index (Phi) is 6.46. The molecule has 2 aromatic carbocycles. The van der Waals surface area contributed by atoms with Crippen LogP contribution in [0.5, 0.6) is 0 Å². The van der Waals surface area contributed by atoms with Gasteiger partial charge in [-0.2, -0.15) is 0 Å². The molecule has 0 saturated carbocycles. The summed E-state index contributed by atoms with van der Waals surface area (Å²) < 4.78 is 18.6. The standard InChI is InChI=1S/C14H15O2P.H2O2/c1-2-16-17(15,13-9-5-3-6-10-13)14-11-7-4-8-12-14;1-2/h3-12H,2H2,1H3;1-2H. The number of hydrogen-bond donors (Lipinski definition) is 2. The molecule has 2 N–H and O–H groups in total. The fourth-order valence-corrected chi connectivity index (χ4v) is 3.82. The van der Waals surface area contributed by atoms with Gasteiger partial charge in [-0.05, 0) is 31.2 Å². The van der Waals surface area contributed by atoms with E-state index in [9.17, 15) is 4.57 Å². The Labute approximate surface area is 112 Å². The summed E-state index contributed by atoms with van der Waals surface area (Å²) in [7, 11) is -2.92. The Bertz CT molecular complexity index is 470. The van der Waals surface area contributed by atoms with Crippen molar-refractivity contribution in [1.29, 1.82) is 0 Å². The van der Waals surface area contributed by atoms with Crippen molar-refractivity contribution in [2.75, 3.05) is 6.61 Å². The van der Waals surface area contributed by atoms with Gasteiger partial charge in [0, 0.05) is 10.6 Å². The van der Waals surface area contributed by atoms with Gasteiger partial charge in [-0.15, -0.1) is 0 Å². The maximum atomic E-state index is 13.0. The molecule has 2 aromatic rings. The Morgan fingerprint density at radius 3 is 1.58 bits per heavy atom. The molecule has 0 aliphatic rings. The Morgan fingerprint density at radius 2 is 1.26 bits per heavy atom. The number of benzene rings is 2. The van der Waals surface area contributed by atoms with Crippen LogP contribution in [0, 0.1) is 0 Å². The van der Waals surface area contributed by atoms with Gasteiger partial charge >= 0.3 is 0 Å². The van der Waals surface area contributed by atoms with Crippen molar-refractivity contribution in [3.63, 3.8) is 0 Å². The van der Waals surface area contributed by atoms with Crippen LogP contribution in [0.25, 0.3) is 0 Å². The minimum absolute atomic E-state index is 0.432. The van der Waals surface area contributed by atoms with Crippen molar-refractivity contribution in [2.24, 2.45) is 0 Å². The fourth-order valence-electron chi connectivity index (χ4n) is 1.73. The summed E-state index contributed by atoms with van der Waals surface area (Å²) in [6.45, 7) is 2.29. The van der Waals surface area contributed by atoms with E-state index in [1.165, 1.54) is 0 Å². The van der Waals surface area contributed by atoms with Crippen molar-refractivity contribution in [1.82, 2.24) is 0 Å². The van der Waals surface area contributed by atoms with Gasteiger partial charge in [0.1, 0.15) is 0 Å². The van der Waals surface area contributed by atoms with Gasteiger partial charge in [0.05, 0.1) is 6.61 Å². The average molecular weight is 280 g/mol. The topological polar surface area (TPSA) is 66.8 Å². The first-order valence-electron chi connectivity index (χ1n) is 5.83. The number of hydrogen-bond acceptors (Lipinski definition) is 4. The van der Waals surface area contributed by atoms with Crippen molar-refractivity contribution in [2.45, 2.75) is 6.92 Å². The van der Waals surface area contributed by atoms with E-state index < -0.39 is 7.37 Å². The molecule has 0 heterocycles. The number of rotatable bonds is 4. The van der Waals surface area contributed by atoms with Crippen LogP contribution in [0.3, 0.4) is 0 Å². The molecular formula is C14H17O4P. The molecule has 0 unspecified atom stereocenters. The molecule has 0 bridgehead atoms. The van der Waals surface area contributed by atoms with Crippen molar-refractivity contribution in [3.05, 3.63) is 60.7 Å². The monoisotopic (exact) mass is 280 g/mol. The molecule has 0 radical (unpaired) electrons. The van der Waals surface area contributed by atoms with Crippen LogP contribution in [-0.2, 0) is 9.09 Å². The predicted octanol–water partition coefficient (Wildman–Crippen LogP) is 2.97. The van der Waals surface area contributed by atoms with Crippen molar-refractivity contribution in [3.8, 4) is 0 Å².